The molecule has 1 saturated heterocycles. The van der Waals surface area contributed by atoms with E-state index in [9.17, 15) is 4.79 Å². The van der Waals surface area contributed by atoms with Crippen LogP contribution in [0, 0.1) is 17.8 Å². The van der Waals surface area contributed by atoms with Crippen molar-refractivity contribution < 1.29 is 4.79 Å². The van der Waals surface area contributed by atoms with E-state index < -0.39 is 0 Å². The van der Waals surface area contributed by atoms with Crippen molar-refractivity contribution in [1.82, 2.24) is 4.90 Å². The van der Waals surface area contributed by atoms with Crippen molar-refractivity contribution in [2.45, 2.75) is 40.2 Å². The third kappa shape index (κ3) is 3.20. The van der Waals surface area contributed by atoms with E-state index in [4.69, 9.17) is 5.73 Å². The summed E-state index contributed by atoms with van der Waals surface area (Å²) in [5.41, 5.74) is 5.77. The molecule has 1 fully saturated rings. The summed E-state index contributed by atoms with van der Waals surface area (Å²) in [4.78, 5) is 14.1. The molecule has 3 heteroatoms. The molecule has 0 aliphatic carbocycles. The molecular weight excluding hydrogens is 188 g/mol. The minimum Gasteiger partial charge on any atom is -0.342 e. The van der Waals surface area contributed by atoms with E-state index >= 15 is 0 Å². The molecule has 0 spiro atoms. The van der Waals surface area contributed by atoms with Gasteiger partial charge in [-0.25, -0.2) is 0 Å². The van der Waals surface area contributed by atoms with Gasteiger partial charge < -0.3 is 10.6 Å². The quantitative estimate of drug-likeness (QED) is 0.753. The fourth-order valence-electron chi connectivity index (χ4n) is 2.36. The molecule has 0 aromatic carbocycles. The lowest BCUT2D eigenvalue weighted by atomic mass is 9.90. The molecule has 3 nitrogen and oxygen atoms in total. The van der Waals surface area contributed by atoms with E-state index in [0.29, 0.717) is 11.8 Å². The summed E-state index contributed by atoms with van der Waals surface area (Å²) in [6, 6.07) is -0.0509. The average Bonchev–Trinajstić information content (AvgIpc) is 2.13. The van der Waals surface area contributed by atoms with Crippen molar-refractivity contribution in [1.29, 1.82) is 0 Å². The van der Waals surface area contributed by atoms with Gasteiger partial charge in [0.05, 0.1) is 5.92 Å². The van der Waals surface area contributed by atoms with E-state index in [-0.39, 0.29) is 17.9 Å². The van der Waals surface area contributed by atoms with Gasteiger partial charge in [0.25, 0.3) is 0 Å². The summed E-state index contributed by atoms with van der Waals surface area (Å²) < 4.78 is 0. The number of hydrogen-bond donors (Lipinski definition) is 1. The zero-order valence-electron chi connectivity index (χ0n) is 10.4. The van der Waals surface area contributed by atoms with Gasteiger partial charge in [0.2, 0.25) is 5.91 Å². The molecule has 88 valence electrons. The molecule has 1 rings (SSSR count). The highest BCUT2D eigenvalue weighted by molar-refractivity contribution is 5.79. The van der Waals surface area contributed by atoms with Crippen LogP contribution in [-0.4, -0.2) is 29.9 Å². The number of carbonyl (C=O) groups is 1. The first-order valence-electron chi connectivity index (χ1n) is 5.96. The van der Waals surface area contributed by atoms with Crippen LogP contribution in [0.25, 0.3) is 0 Å². The summed E-state index contributed by atoms with van der Waals surface area (Å²) in [5.74, 6) is 1.42. The Labute approximate surface area is 93.0 Å². The second-order valence-electron chi connectivity index (χ2n) is 5.34. The van der Waals surface area contributed by atoms with Crippen LogP contribution in [0.15, 0.2) is 0 Å². The third-order valence-corrected chi connectivity index (χ3v) is 3.36. The number of hydrogen-bond acceptors (Lipinski definition) is 2. The molecule has 1 heterocycles. The average molecular weight is 212 g/mol. The van der Waals surface area contributed by atoms with Crippen molar-refractivity contribution in [2.75, 3.05) is 13.1 Å². The predicted octanol–water partition coefficient (Wildman–Crippen LogP) is 1.47. The second kappa shape index (κ2) is 4.97. The predicted molar refractivity (Wildman–Crippen MR) is 62.3 cm³/mol. The molecule has 4 unspecified atom stereocenters. The lowest BCUT2D eigenvalue weighted by Gasteiger charge is -2.37. The maximum atomic E-state index is 12.1. The lowest BCUT2D eigenvalue weighted by Crippen LogP contribution is -2.47. The van der Waals surface area contributed by atoms with Crippen molar-refractivity contribution in [3.05, 3.63) is 0 Å². The van der Waals surface area contributed by atoms with Gasteiger partial charge in [0.1, 0.15) is 0 Å². The Balaban J connectivity index is 2.59. The third-order valence-electron chi connectivity index (χ3n) is 3.36. The van der Waals surface area contributed by atoms with Crippen molar-refractivity contribution in [2.24, 2.45) is 23.5 Å². The summed E-state index contributed by atoms with van der Waals surface area (Å²) in [6.45, 7) is 10.1. The van der Waals surface area contributed by atoms with Crippen LogP contribution in [0.4, 0.5) is 0 Å². The monoisotopic (exact) mass is 212 g/mol. The lowest BCUT2D eigenvalue weighted by molar-refractivity contribution is -0.138. The molecule has 1 amide bonds. The Morgan fingerprint density at radius 2 is 1.73 bits per heavy atom. The topological polar surface area (TPSA) is 46.3 Å². The highest BCUT2D eigenvalue weighted by atomic mass is 16.2. The van der Waals surface area contributed by atoms with Crippen molar-refractivity contribution >= 4 is 5.91 Å². The van der Waals surface area contributed by atoms with E-state index in [0.717, 1.165) is 13.1 Å². The minimum absolute atomic E-state index is 0.0509. The van der Waals surface area contributed by atoms with Gasteiger partial charge in [0.15, 0.2) is 0 Å². The highest BCUT2D eigenvalue weighted by Gasteiger charge is 2.29. The molecule has 0 aromatic rings. The number of amides is 1. The van der Waals surface area contributed by atoms with Crippen LogP contribution < -0.4 is 5.73 Å². The van der Waals surface area contributed by atoms with E-state index in [2.05, 4.69) is 13.8 Å². The largest absolute Gasteiger partial charge is 0.342 e. The van der Waals surface area contributed by atoms with Gasteiger partial charge in [-0.2, -0.15) is 0 Å². The standard InChI is InChI=1S/C12H24N2O/c1-8-5-9(2)7-14(6-8)12(15)10(3)11(4)13/h8-11H,5-7,13H2,1-4H3. The number of carbonyl (C=O) groups excluding carboxylic acids is 1. The second-order valence-corrected chi connectivity index (χ2v) is 5.34. The molecule has 0 aromatic heterocycles. The number of piperidine rings is 1. The van der Waals surface area contributed by atoms with Gasteiger partial charge in [-0.05, 0) is 25.2 Å². The Hall–Kier alpha value is -0.570. The van der Waals surface area contributed by atoms with E-state index in [1.165, 1.54) is 6.42 Å². The number of rotatable bonds is 2. The van der Waals surface area contributed by atoms with Crippen LogP contribution in [0.2, 0.25) is 0 Å². The number of likely N-dealkylation sites (tertiary alicyclic amines) is 1. The molecule has 4 atom stereocenters. The molecular formula is C12H24N2O. The zero-order chi connectivity index (χ0) is 11.6. The first-order valence-corrected chi connectivity index (χ1v) is 5.96. The van der Waals surface area contributed by atoms with Crippen LogP contribution in [0.3, 0.4) is 0 Å². The Morgan fingerprint density at radius 3 is 2.13 bits per heavy atom. The Kier molecular flexibility index (Phi) is 4.14. The fourth-order valence-corrected chi connectivity index (χ4v) is 2.36. The van der Waals surface area contributed by atoms with E-state index in [1.807, 2.05) is 18.7 Å². The number of nitrogens with zero attached hydrogens (tertiary/aromatic N) is 1. The SMILES string of the molecule is CC1CC(C)CN(C(=O)C(C)C(C)N)C1. The fraction of sp³-hybridized carbons (Fsp3) is 0.917. The van der Waals surface area contributed by atoms with Crippen molar-refractivity contribution in [3.8, 4) is 0 Å². The van der Waals surface area contributed by atoms with Gasteiger partial charge in [-0.1, -0.05) is 20.8 Å². The first-order chi connectivity index (χ1) is 6.91. The summed E-state index contributed by atoms with van der Waals surface area (Å²) in [6.07, 6.45) is 1.23. The van der Waals surface area contributed by atoms with Crippen LogP contribution in [0.1, 0.15) is 34.1 Å². The molecule has 1 aliphatic rings. The van der Waals surface area contributed by atoms with Gasteiger partial charge in [-0.15, -0.1) is 0 Å². The number of nitrogens with two attached hydrogens (primary N) is 1. The molecule has 15 heavy (non-hydrogen) atoms. The molecule has 2 N–H and O–H groups in total. The van der Waals surface area contributed by atoms with Crippen LogP contribution in [0.5, 0.6) is 0 Å². The molecule has 0 bridgehead atoms. The summed E-state index contributed by atoms with van der Waals surface area (Å²) in [5, 5.41) is 0. The zero-order valence-corrected chi connectivity index (χ0v) is 10.4. The van der Waals surface area contributed by atoms with E-state index in [1.54, 1.807) is 0 Å². The maximum absolute atomic E-state index is 12.1. The van der Waals surface area contributed by atoms with Crippen LogP contribution in [-0.2, 0) is 4.79 Å². The van der Waals surface area contributed by atoms with Crippen LogP contribution >= 0.6 is 0 Å². The highest BCUT2D eigenvalue weighted by Crippen LogP contribution is 2.22. The minimum atomic E-state index is -0.0532. The van der Waals surface area contributed by atoms with Gasteiger partial charge in [0, 0.05) is 19.1 Å². The molecule has 0 radical (unpaired) electrons. The smallest absolute Gasteiger partial charge is 0.226 e. The van der Waals surface area contributed by atoms with Gasteiger partial charge >= 0.3 is 0 Å². The maximum Gasteiger partial charge on any atom is 0.226 e. The molecule has 1 aliphatic heterocycles. The Morgan fingerprint density at radius 1 is 1.27 bits per heavy atom. The Bertz CT molecular complexity index is 218. The van der Waals surface area contributed by atoms with Gasteiger partial charge in [-0.3, -0.25) is 4.79 Å². The normalized spacial score (nSPS) is 31.1. The van der Waals surface area contributed by atoms with Crippen molar-refractivity contribution in [3.63, 3.8) is 0 Å². The molecule has 0 saturated carbocycles. The summed E-state index contributed by atoms with van der Waals surface area (Å²) in [7, 11) is 0. The summed E-state index contributed by atoms with van der Waals surface area (Å²) >= 11 is 0. The first kappa shape index (κ1) is 12.5.